The van der Waals surface area contributed by atoms with Gasteiger partial charge in [0.15, 0.2) is 0 Å². The quantitative estimate of drug-likeness (QED) is 0.343. The highest BCUT2D eigenvalue weighted by molar-refractivity contribution is 8.01. The van der Waals surface area contributed by atoms with Crippen molar-refractivity contribution < 1.29 is 19.1 Å². The number of aromatic nitrogens is 1. The summed E-state index contributed by atoms with van der Waals surface area (Å²) in [7, 11) is 0. The van der Waals surface area contributed by atoms with Crippen molar-refractivity contribution in [1.29, 1.82) is 0 Å². The van der Waals surface area contributed by atoms with Gasteiger partial charge < -0.3 is 20.3 Å². The number of urea groups is 1. The Morgan fingerprint density at radius 1 is 1.07 bits per heavy atom. The lowest BCUT2D eigenvalue weighted by atomic mass is 9.98. The van der Waals surface area contributed by atoms with E-state index in [0.717, 1.165) is 59.0 Å². The molecule has 0 bridgehead atoms. The Morgan fingerprint density at radius 2 is 1.91 bits per heavy atom. The molecule has 2 N–H and O–H groups in total. The number of piperidine rings is 1. The SMILES string of the molecule is Cc1cc(Oc2ccccc2)ccc1N1C(=O)NC2c3c1ccnc3S[C@H]2C(=O)NC1CCCN(C(=O)/C=C/C2CC2)C1. The lowest BCUT2D eigenvalue weighted by Gasteiger charge is -2.36. The highest BCUT2D eigenvalue weighted by atomic mass is 32.2. The zero-order chi connectivity index (χ0) is 29.5. The van der Waals surface area contributed by atoms with Crippen molar-refractivity contribution in [1.82, 2.24) is 20.5 Å². The molecule has 4 heterocycles. The molecular weight excluding hydrogens is 562 g/mol. The summed E-state index contributed by atoms with van der Waals surface area (Å²) >= 11 is 1.38. The Labute approximate surface area is 254 Å². The van der Waals surface area contributed by atoms with Crippen LogP contribution in [0.1, 0.15) is 42.9 Å². The number of nitrogens with one attached hydrogen (secondary N) is 2. The first kappa shape index (κ1) is 27.5. The van der Waals surface area contributed by atoms with E-state index in [4.69, 9.17) is 4.74 Å². The Morgan fingerprint density at radius 3 is 2.70 bits per heavy atom. The van der Waals surface area contributed by atoms with Crippen LogP contribution in [-0.4, -0.2) is 52.1 Å². The minimum atomic E-state index is -0.557. The summed E-state index contributed by atoms with van der Waals surface area (Å²) in [5.74, 6) is 1.81. The number of amides is 4. The van der Waals surface area contributed by atoms with Gasteiger partial charge in [-0.25, -0.2) is 9.78 Å². The fraction of sp³-hybridized carbons (Fsp3) is 0.333. The minimum absolute atomic E-state index is 0.0110. The summed E-state index contributed by atoms with van der Waals surface area (Å²) in [4.78, 5) is 48.0. The van der Waals surface area contributed by atoms with E-state index < -0.39 is 11.3 Å². The standard InChI is InChI=1S/C33H33N5O4S/c1-20-18-24(42-23-7-3-2-4-8-23)12-13-25(20)38-26-15-16-34-32-28(26)29(36-33(38)41)30(43-32)31(40)35-22-6-5-17-37(19-22)27(39)14-11-21-9-10-21/h2-4,7-8,11-16,18,21-22,29-30H,5-6,9-10,17,19H2,1H3,(H,35,40)(H,36,41)/b14-11+/t22?,29?,30-/m1/s1. The lowest BCUT2D eigenvalue weighted by molar-refractivity contribution is -0.129. The predicted molar refractivity (Wildman–Crippen MR) is 165 cm³/mol. The molecule has 4 amide bonds. The number of carbonyl (C=O) groups excluding carboxylic acids is 3. The molecule has 4 aliphatic rings. The predicted octanol–water partition coefficient (Wildman–Crippen LogP) is 5.63. The maximum absolute atomic E-state index is 13.6. The van der Waals surface area contributed by atoms with Gasteiger partial charge in [-0.05, 0) is 86.6 Å². The van der Waals surface area contributed by atoms with Gasteiger partial charge in [-0.1, -0.05) is 36.0 Å². The second-order valence-corrected chi connectivity index (χ2v) is 12.7. The van der Waals surface area contributed by atoms with Crippen molar-refractivity contribution >= 4 is 41.0 Å². The number of rotatable bonds is 7. The zero-order valence-electron chi connectivity index (χ0n) is 23.9. The number of hydrogen-bond acceptors (Lipinski definition) is 6. The van der Waals surface area contributed by atoms with Crippen LogP contribution in [-0.2, 0) is 9.59 Å². The van der Waals surface area contributed by atoms with E-state index in [1.807, 2.05) is 72.5 Å². The van der Waals surface area contributed by atoms with Gasteiger partial charge in [0, 0.05) is 30.9 Å². The molecule has 1 aromatic heterocycles. The Kier molecular flexibility index (Phi) is 7.30. The van der Waals surface area contributed by atoms with Gasteiger partial charge in [0.2, 0.25) is 11.8 Å². The molecule has 2 fully saturated rings. The van der Waals surface area contributed by atoms with Gasteiger partial charge in [-0.3, -0.25) is 14.5 Å². The molecule has 1 aliphatic carbocycles. The van der Waals surface area contributed by atoms with E-state index in [-0.39, 0.29) is 23.9 Å². The van der Waals surface area contributed by atoms with Crippen LogP contribution in [0.15, 0.2) is 78.0 Å². The number of anilines is 2. The first-order valence-corrected chi connectivity index (χ1v) is 15.7. The van der Waals surface area contributed by atoms with Gasteiger partial charge >= 0.3 is 6.03 Å². The molecule has 1 saturated heterocycles. The topological polar surface area (TPSA) is 104 Å². The van der Waals surface area contributed by atoms with Crippen LogP contribution in [0.25, 0.3) is 0 Å². The highest BCUT2D eigenvalue weighted by Gasteiger charge is 2.47. The van der Waals surface area contributed by atoms with Gasteiger partial charge in [0.25, 0.3) is 0 Å². The third-order valence-corrected chi connectivity index (χ3v) is 9.65. The lowest BCUT2D eigenvalue weighted by Crippen LogP contribution is -2.53. The van der Waals surface area contributed by atoms with Crippen LogP contribution in [0.5, 0.6) is 11.5 Å². The first-order chi connectivity index (χ1) is 20.9. The van der Waals surface area contributed by atoms with Gasteiger partial charge in [0.1, 0.15) is 21.8 Å². The fourth-order valence-corrected chi connectivity index (χ4v) is 7.26. The average Bonchev–Trinajstić information content (AvgIpc) is 3.77. The second kappa shape index (κ2) is 11.4. The number of benzene rings is 2. The van der Waals surface area contributed by atoms with E-state index in [0.29, 0.717) is 24.8 Å². The number of likely N-dealkylation sites (tertiary alicyclic amines) is 1. The van der Waals surface area contributed by atoms with Crippen molar-refractivity contribution in [3.63, 3.8) is 0 Å². The van der Waals surface area contributed by atoms with Gasteiger partial charge in [-0.15, -0.1) is 0 Å². The largest absolute Gasteiger partial charge is 0.457 e. The molecular formula is C33H33N5O4S. The smallest absolute Gasteiger partial charge is 0.327 e. The maximum atomic E-state index is 13.6. The number of para-hydroxylation sites is 1. The first-order valence-electron chi connectivity index (χ1n) is 14.8. The molecule has 220 valence electrons. The molecule has 3 aliphatic heterocycles. The number of pyridine rings is 1. The molecule has 2 aromatic carbocycles. The van der Waals surface area contributed by atoms with Crippen molar-refractivity contribution in [3.05, 3.63) is 84.1 Å². The van der Waals surface area contributed by atoms with Crippen molar-refractivity contribution in [2.45, 2.75) is 55.0 Å². The number of aryl methyl sites for hydroxylation is 1. The second-order valence-electron chi connectivity index (χ2n) is 11.5. The number of nitrogens with zero attached hydrogens (tertiary/aromatic N) is 3. The van der Waals surface area contributed by atoms with Crippen molar-refractivity contribution in [3.8, 4) is 11.5 Å². The third-order valence-electron chi connectivity index (χ3n) is 8.36. The van der Waals surface area contributed by atoms with Crippen molar-refractivity contribution in [2.24, 2.45) is 5.92 Å². The molecule has 9 nitrogen and oxygen atoms in total. The van der Waals surface area contributed by atoms with E-state index in [2.05, 4.69) is 15.6 Å². The Hall–Kier alpha value is -4.31. The number of carbonyl (C=O) groups is 3. The van der Waals surface area contributed by atoms with Crippen LogP contribution in [0, 0.1) is 12.8 Å². The molecule has 0 spiro atoms. The Bertz CT molecular complexity index is 1610. The van der Waals surface area contributed by atoms with Crippen LogP contribution >= 0.6 is 11.8 Å². The van der Waals surface area contributed by atoms with Crippen LogP contribution in [0.4, 0.5) is 16.2 Å². The fourth-order valence-electron chi connectivity index (χ4n) is 6.02. The van der Waals surface area contributed by atoms with Crippen molar-refractivity contribution in [2.75, 3.05) is 18.0 Å². The van der Waals surface area contributed by atoms with Crippen LogP contribution in [0.2, 0.25) is 0 Å². The molecule has 3 aromatic rings. The summed E-state index contributed by atoms with van der Waals surface area (Å²) in [6, 6.07) is 16.1. The van der Waals surface area contributed by atoms with Crippen LogP contribution in [0.3, 0.4) is 0 Å². The summed E-state index contributed by atoms with van der Waals surface area (Å²) in [6.45, 7) is 3.13. The van der Waals surface area contributed by atoms with E-state index in [1.165, 1.54) is 11.8 Å². The number of hydrogen-bond donors (Lipinski definition) is 2. The number of allylic oxidation sites excluding steroid dienone is 1. The maximum Gasteiger partial charge on any atom is 0.327 e. The molecule has 3 atom stereocenters. The summed E-state index contributed by atoms with van der Waals surface area (Å²) < 4.78 is 5.99. The number of thioether (sulfide) groups is 1. The molecule has 10 heteroatoms. The van der Waals surface area contributed by atoms with E-state index in [9.17, 15) is 14.4 Å². The summed E-state index contributed by atoms with van der Waals surface area (Å²) in [5, 5.41) is 6.45. The van der Waals surface area contributed by atoms with Gasteiger partial charge in [-0.2, -0.15) is 0 Å². The summed E-state index contributed by atoms with van der Waals surface area (Å²) in [6.07, 6.45) is 9.34. The summed E-state index contributed by atoms with van der Waals surface area (Å²) in [5.41, 5.74) is 3.17. The van der Waals surface area contributed by atoms with Gasteiger partial charge in [0.05, 0.1) is 17.4 Å². The monoisotopic (exact) mass is 595 g/mol. The molecule has 43 heavy (non-hydrogen) atoms. The Balaban J connectivity index is 1.07. The van der Waals surface area contributed by atoms with E-state index in [1.54, 1.807) is 17.2 Å². The third kappa shape index (κ3) is 5.59. The van der Waals surface area contributed by atoms with E-state index >= 15 is 0 Å². The number of ether oxygens (including phenoxy) is 1. The zero-order valence-corrected chi connectivity index (χ0v) is 24.7. The molecule has 1 saturated carbocycles. The minimum Gasteiger partial charge on any atom is -0.457 e. The molecule has 7 rings (SSSR count). The highest BCUT2D eigenvalue weighted by Crippen LogP contribution is 2.51. The average molecular weight is 596 g/mol. The molecule has 0 radical (unpaired) electrons. The van der Waals surface area contributed by atoms with Crippen LogP contribution < -0.4 is 20.3 Å². The normalized spacial score (nSPS) is 22.7. The molecule has 2 unspecified atom stereocenters.